The lowest BCUT2D eigenvalue weighted by Crippen LogP contribution is -2.55. The molecule has 0 spiro atoms. The van der Waals surface area contributed by atoms with Gasteiger partial charge in [0, 0.05) is 5.73 Å². The molecule has 2 atom stereocenters. The molecule has 23 heavy (non-hydrogen) atoms. The first-order chi connectivity index (χ1) is 10.4. The van der Waals surface area contributed by atoms with E-state index in [0.29, 0.717) is 5.73 Å². The van der Waals surface area contributed by atoms with Crippen molar-refractivity contribution in [3.8, 4) is 0 Å². The van der Waals surface area contributed by atoms with Crippen molar-refractivity contribution in [3.05, 3.63) is 0 Å². The van der Waals surface area contributed by atoms with Crippen LogP contribution in [0.1, 0.15) is 26.7 Å². The van der Waals surface area contributed by atoms with Crippen LogP contribution in [0.15, 0.2) is 0 Å². The van der Waals surface area contributed by atoms with Gasteiger partial charge in [0.15, 0.2) is 8.32 Å². The Morgan fingerprint density at radius 3 is 1.70 bits per heavy atom. The Hall–Kier alpha value is 0.491. The third kappa shape index (κ3) is 8.95. The highest BCUT2D eigenvalue weighted by Gasteiger charge is 2.40. The van der Waals surface area contributed by atoms with Crippen molar-refractivity contribution in [1.29, 1.82) is 0 Å². The van der Waals surface area contributed by atoms with Crippen molar-refractivity contribution >= 4 is 24.7 Å². The zero-order chi connectivity index (χ0) is 18.3. The standard InChI is InChI=1S/C16H42N2O2Si3/c1-15(21(3,4)13-9-11-17)20-23(7,8)16(2)19-22(5,6)14-10-12-18/h15-16H,9-14,17-18H2,1-8H3. The highest BCUT2D eigenvalue weighted by Crippen LogP contribution is 2.27. The van der Waals surface area contributed by atoms with Gasteiger partial charge in [-0.3, -0.25) is 0 Å². The predicted molar refractivity (Wildman–Crippen MR) is 110 cm³/mol. The van der Waals surface area contributed by atoms with E-state index < -0.39 is 24.7 Å². The summed E-state index contributed by atoms with van der Waals surface area (Å²) in [7, 11) is -4.92. The summed E-state index contributed by atoms with van der Waals surface area (Å²) in [6.07, 6.45) is 2.17. The quantitative estimate of drug-likeness (QED) is 0.508. The average Bonchev–Trinajstić information content (AvgIpc) is 2.42. The van der Waals surface area contributed by atoms with Crippen molar-refractivity contribution in [2.24, 2.45) is 11.5 Å². The normalized spacial score (nSPS) is 16.4. The fourth-order valence-corrected chi connectivity index (χ4v) is 11.7. The highest BCUT2D eigenvalue weighted by atomic mass is 28.4. The van der Waals surface area contributed by atoms with E-state index in [-0.39, 0.29) is 5.73 Å². The fraction of sp³-hybridized carbons (Fsp3) is 1.00. The molecular weight excluding hydrogens is 336 g/mol. The minimum atomic E-state index is -1.88. The van der Waals surface area contributed by atoms with Gasteiger partial charge in [-0.1, -0.05) is 19.1 Å². The Labute approximate surface area is 148 Å². The van der Waals surface area contributed by atoms with Gasteiger partial charge in [0.1, 0.15) is 0 Å². The SMILES string of the molecule is CC(O[Si](C)(C)C(C)O[Si](C)(C)CCCN)[Si](C)(C)CCCN. The Balaban J connectivity index is 4.71. The summed E-state index contributed by atoms with van der Waals surface area (Å²) in [5.41, 5.74) is 11.9. The van der Waals surface area contributed by atoms with Crippen LogP contribution < -0.4 is 11.5 Å². The molecule has 0 fully saturated rings. The molecule has 0 saturated carbocycles. The van der Waals surface area contributed by atoms with Crippen LogP contribution in [0, 0.1) is 0 Å². The van der Waals surface area contributed by atoms with Gasteiger partial charge in [0.05, 0.1) is 13.8 Å². The summed E-state index contributed by atoms with van der Waals surface area (Å²) in [5.74, 6) is 0. The summed E-state index contributed by atoms with van der Waals surface area (Å²) in [5, 5.41) is 0. The highest BCUT2D eigenvalue weighted by molar-refractivity contribution is 6.81. The van der Waals surface area contributed by atoms with Gasteiger partial charge in [-0.05, 0) is 72.0 Å². The van der Waals surface area contributed by atoms with E-state index in [4.69, 9.17) is 20.3 Å². The van der Waals surface area contributed by atoms with Crippen molar-refractivity contribution in [2.45, 2.75) is 89.5 Å². The molecular formula is C16H42N2O2Si3. The molecule has 0 bridgehead atoms. The van der Waals surface area contributed by atoms with Crippen molar-refractivity contribution in [2.75, 3.05) is 13.1 Å². The second-order valence-electron chi connectivity index (χ2n) is 8.66. The van der Waals surface area contributed by atoms with Crippen molar-refractivity contribution < 1.29 is 8.85 Å². The molecule has 4 nitrogen and oxygen atoms in total. The number of hydrogen-bond acceptors (Lipinski definition) is 4. The molecule has 0 aromatic rings. The molecule has 0 aromatic heterocycles. The first-order valence-corrected chi connectivity index (χ1v) is 18.5. The Kier molecular flexibility index (Phi) is 10.0. The lowest BCUT2D eigenvalue weighted by molar-refractivity contribution is 0.204. The second-order valence-corrected chi connectivity index (χ2v) is 22.5. The van der Waals surface area contributed by atoms with Crippen LogP contribution in [0.3, 0.4) is 0 Å². The first-order valence-electron chi connectivity index (χ1n) is 9.14. The molecule has 0 aliphatic heterocycles. The second kappa shape index (κ2) is 9.84. The van der Waals surface area contributed by atoms with E-state index in [1.165, 1.54) is 6.04 Å². The molecule has 7 heteroatoms. The van der Waals surface area contributed by atoms with E-state index >= 15 is 0 Å². The van der Waals surface area contributed by atoms with Crippen LogP contribution in [0.4, 0.5) is 0 Å². The molecule has 0 aliphatic carbocycles. The van der Waals surface area contributed by atoms with E-state index in [1.807, 2.05) is 0 Å². The minimum Gasteiger partial charge on any atom is -0.415 e. The van der Waals surface area contributed by atoms with Gasteiger partial charge in [0.2, 0.25) is 8.32 Å². The Bertz CT molecular complexity index is 339. The molecule has 0 aliphatic rings. The third-order valence-electron chi connectivity index (χ3n) is 5.06. The van der Waals surface area contributed by atoms with Crippen LogP contribution in [0.2, 0.25) is 51.4 Å². The van der Waals surface area contributed by atoms with Gasteiger partial charge >= 0.3 is 0 Å². The smallest absolute Gasteiger partial charge is 0.213 e. The van der Waals surface area contributed by atoms with Gasteiger partial charge in [-0.2, -0.15) is 0 Å². The van der Waals surface area contributed by atoms with E-state index in [0.717, 1.165) is 32.0 Å². The molecule has 0 aromatic carbocycles. The van der Waals surface area contributed by atoms with Crippen molar-refractivity contribution in [1.82, 2.24) is 0 Å². The van der Waals surface area contributed by atoms with Crippen LogP contribution in [-0.4, -0.2) is 49.3 Å². The average molecular weight is 379 g/mol. The Morgan fingerprint density at radius 1 is 0.739 bits per heavy atom. The van der Waals surface area contributed by atoms with Crippen LogP contribution in [-0.2, 0) is 8.85 Å². The largest absolute Gasteiger partial charge is 0.415 e. The van der Waals surface area contributed by atoms with E-state index in [2.05, 4.69) is 53.1 Å². The first kappa shape index (κ1) is 23.5. The molecule has 0 saturated heterocycles. The predicted octanol–water partition coefficient (Wildman–Crippen LogP) is 3.69. The third-order valence-corrected chi connectivity index (χ3v) is 15.1. The fourth-order valence-electron chi connectivity index (χ4n) is 2.68. The number of rotatable bonds is 12. The number of hydrogen-bond donors (Lipinski definition) is 2. The van der Waals surface area contributed by atoms with E-state index in [9.17, 15) is 0 Å². The summed E-state index contributed by atoms with van der Waals surface area (Å²) in [4.78, 5) is 0. The van der Waals surface area contributed by atoms with E-state index in [1.54, 1.807) is 0 Å². The molecule has 0 heterocycles. The molecule has 0 amide bonds. The topological polar surface area (TPSA) is 70.5 Å². The van der Waals surface area contributed by atoms with Gasteiger partial charge < -0.3 is 20.3 Å². The maximum Gasteiger partial charge on any atom is 0.213 e. The van der Waals surface area contributed by atoms with Gasteiger partial charge in [0.25, 0.3) is 0 Å². The molecule has 0 rings (SSSR count). The monoisotopic (exact) mass is 378 g/mol. The Morgan fingerprint density at radius 2 is 1.22 bits per heavy atom. The number of nitrogens with two attached hydrogens (primary N) is 2. The maximum atomic E-state index is 6.64. The van der Waals surface area contributed by atoms with Crippen LogP contribution in [0.5, 0.6) is 0 Å². The van der Waals surface area contributed by atoms with Gasteiger partial charge in [-0.25, -0.2) is 0 Å². The molecule has 2 unspecified atom stereocenters. The van der Waals surface area contributed by atoms with Crippen LogP contribution in [0.25, 0.3) is 0 Å². The lowest BCUT2D eigenvalue weighted by Gasteiger charge is -2.41. The summed E-state index contributed by atoms with van der Waals surface area (Å²) < 4.78 is 13.2. The summed E-state index contributed by atoms with van der Waals surface area (Å²) >= 11 is 0. The zero-order valence-corrected chi connectivity index (χ0v) is 19.9. The van der Waals surface area contributed by atoms with Crippen LogP contribution >= 0.6 is 0 Å². The summed E-state index contributed by atoms with van der Waals surface area (Å²) in [6, 6.07) is 2.37. The molecule has 4 N–H and O–H groups in total. The minimum absolute atomic E-state index is 0.226. The maximum absolute atomic E-state index is 6.64. The molecule has 0 radical (unpaired) electrons. The lowest BCUT2D eigenvalue weighted by atomic mass is 10.5. The molecule has 140 valence electrons. The van der Waals surface area contributed by atoms with Gasteiger partial charge in [-0.15, -0.1) is 0 Å². The summed E-state index contributed by atoms with van der Waals surface area (Å²) in [6.45, 7) is 20.1. The zero-order valence-electron chi connectivity index (χ0n) is 16.9. The van der Waals surface area contributed by atoms with Crippen molar-refractivity contribution in [3.63, 3.8) is 0 Å².